The molecule has 0 atom stereocenters. The number of pyridine rings is 1. The van der Waals surface area contributed by atoms with Crippen molar-refractivity contribution in [1.29, 1.82) is 0 Å². The molecule has 0 saturated carbocycles. The molecule has 0 spiro atoms. The van der Waals surface area contributed by atoms with Crippen molar-refractivity contribution in [3.63, 3.8) is 0 Å². The number of nitrogens with zero attached hydrogens (tertiary/aromatic N) is 1. The second-order valence-corrected chi connectivity index (χ2v) is 4.93. The lowest BCUT2D eigenvalue weighted by atomic mass is 10.1. The number of fused-ring (bicyclic) bond motifs is 1. The Hall–Kier alpha value is -0.620. The fourth-order valence-corrected chi connectivity index (χ4v) is 2.38. The molecule has 0 fully saturated rings. The van der Waals surface area contributed by atoms with E-state index in [9.17, 15) is 13.2 Å². The Morgan fingerprint density at radius 1 is 1.21 bits per heavy atom. The van der Waals surface area contributed by atoms with E-state index in [-0.39, 0.29) is 17.0 Å². The lowest BCUT2D eigenvalue weighted by Crippen LogP contribution is -2.04. The van der Waals surface area contributed by atoms with Crippen molar-refractivity contribution in [2.75, 3.05) is 0 Å². The standard InChI is InChI=1S/C13H11BrF3N.BrH/c1-2-3-9-7-11(14)10-6-8(13(15,16)17)4-5-12(10)18-9;/h4-7H,2-3H2,1H3;1H. The van der Waals surface area contributed by atoms with Gasteiger partial charge in [0.1, 0.15) is 0 Å². The number of hydrogen-bond acceptors (Lipinski definition) is 1. The van der Waals surface area contributed by atoms with Crippen LogP contribution in [0.25, 0.3) is 10.9 Å². The van der Waals surface area contributed by atoms with E-state index in [0.29, 0.717) is 15.4 Å². The number of hydrogen-bond donors (Lipinski definition) is 0. The Labute approximate surface area is 128 Å². The molecule has 0 aliphatic carbocycles. The SMILES string of the molecule is Br.CCCc1cc(Br)c2cc(C(F)(F)F)ccc2n1. The molecule has 0 radical (unpaired) electrons. The summed E-state index contributed by atoms with van der Waals surface area (Å²) >= 11 is 3.31. The second-order valence-electron chi connectivity index (χ2n) is 4.08. The van der Waals surface area contributed by atoms with E-state index in [0.717, 1.165) is 30.7 Å². The van der Waals surface area contributed by atoms with Crippen LogP contribution in [0.2, 0.25) is 0 Å². The summed E-state index contributed by atoms with van der Waals surface area (Å²) in [6.45, 7) is 2.03. The van der Waals surface area contributed by atoms with Crippen molar-refractivity contribution < 1.29 is 13.2 Å². The highest BCUT2D eigenvalue weighted by atomic mass is 79.9. The van der Waals surface area contributed by atoms with Gasteiger partial charge < -0.3 is 0 Å². The van der Waals surface area contributed by atoms with Crippen LogP contribution in [-0.2, 0) is 12.6 Å². The quantitative estimate of drug-likeness (QED) is 0.646. The van der Waals surface area contributed by atoms with Crippen molar-refractivity contribution in [3.05, 3.63) is 40.0 Å². The van der Waals surface area contributed by atoms with Gasteiger partial charge in [0.15, 0.2) is 0 Å². The topological polar surface area (TPSA) is 12.9 Å². The van der Waals surface area contributed by atoms with Crippen LogP contribution < -0.4 is 0 Å². The fraction of sp³-hybridized carbons (Fsp3) is 0.308. The molecule has 0 aliphatic heterocycles. The average molecular weight is 399 g/mol. The van der Waals surface area contributed by atoms with E-state index in [4.69, 9.17) is 0 Å². The Balaban J connectivity index is 0.00000180. The Kier molecular flexibility index (Phi) is 5.38. The average Bonchev–Trinajstić information content (AvgIpc) is 2.27. The third-order valence-electron chi connectivity index (χ3n) is 2.64. The molecule has 2 aromatic rings. The van der Waals surface area contributed by atoms with Gasteiger partial charge in [-0.15, -0.1) is 17.0 Å². The van der Waals surface area contributed by atoms with E-state index in [2.05, 4.69) is 20.9 Å². The summed E-state index contributed by atoms with van der Waals surface area (Å²) in [5.41, 5.74) is 0.818. The van der Waals surface area contributed by atoms with Crippen LogP contribution in [0, 0.1) is 0 Å². The van der Waals surface area contributed by atoms with Gasteiger partial charge in [0, 0.05) is 15.6 Å². The molecule has 0 unspecified atom stereocenters. The minimum Gasteiger partial charge on any atom is -0.253 e. The lowest BCUT2D eigenvalue weighted by molar-refractivity contribution is -0.137. The molecule has 104 valence electrons. The highest BCUT2D eigenvalue weighted by molar-refractivity contribution is 9.10. The summed E-state index contributed by atoms with van der Waals surface area (Å²) in [6, 6.07) is 5.40. The number of halogens is 5. The van der Waals surface area contributed by atoms with Crippen LogP contribution in [0.15, 0.2) is 28.7 Å². The first-order chi connectivity index (χ1) is 8.41. The molecule has 0 amide bonds. The third kappa shape index (κ3) is 3.69. The minimum atomic E-state index is -4.32. The van der Waals surface area contributed by atoms with E-state index in [1.54, 1.807) is 6.07 Å². The first-order valence-electron chi connectivity index (χ1n) is 5.58. The number of rotatable bonds is 2. The molecule has 1 aromatic carbocycles. The number of benzene rings is 1. The molecule has 6 heteroatoms. The highest BCUT2D eigenvalue weighted by Gasteiger charge is 2.30. The summed E-state index contributed by atoms with van der Waals surface area (Å²) in [4.78, 5) is 4.35. The van der Waals surface area contributed by atoms with Crippen LogP contribution in [0.1, 0.15) is 24.6 Å². The molecule has 0 aliphatic rings. The van der Waals surface area contributed by atoms with Gasteiger partial charge in [-0.3, -0.25) is 4.98 Å². The minimum absolute atomic E-state index is 0. The number of aryl methyl sites for hydroxylation is 1. The summed E-state index contributed by atoms with van der Waals surface area (Å²) in [5, 5.41) is 0.490. The third-order valence-corrected chi connectivity index (χ3v) is 3.30. The van der Waals surface area contributed by atoms with E-state index in [1.807, 2.05) is 6.92 Å². The van der Waals surface area contributed by atoms with Gasteiger partial charge in [-0.05, 0) is 30.7 Å². The van der Waals surface area contributed by atoms with Gasteiger partial charge in [0.05, 0.1) is 11.1 Å². The van der Waals surface area contributed by atoms with Crippen LogP contribution in [0.5, 0.6) is 0 Å². The van der Waals surface area contributed by atoms with Gasteiger partial charge in [-0.2, -0.15) is 13.2 Å². The van der Waals surface area contributed by atoms with Crippen molar-refractivity contribution >= 4 is 43.8 Å². The van der Waals surface area contributed by atoms with Gasteiger partial charge in [0.2, 0.25) is 0 Å². The van der Waals surface area contributed by atoms with Gasteiger partial charge >= 0.3 is 6.18 Å². The molecule has 0 N–H and O–H groups in total. The van der Waals surface area contributed by atoms with E-state index < -0.39 is 11.7 Å². The molecule has 1 aromatic heterocycles. The van der Waals surface area contributed by atoms with E-state index in [1.165, 1.54) is 6.07 Å². The molecular formula is C13H12Br2F3N. The summed E-state index contributed by atoms with van der Waals surface area (Å²) in [6.07, 6.45) is -2.56. The van der Waals surface area contributed by atoms with Gasteiger partial charge in [0.25, 0.3) is 0 Å². The fourth-order valence-electron chi connectivity index (χ4n) is 1.80. The van der Waals surface area contributed by atoms with Gasteiger partial charge in [-0.25, -0.2) is 0 Å². The Bertz CT molecular complexity index is 582. The maximum absolute atomic E-state index is 12.6. The molecule has 0 bridgehead atoms. The number of aromatic nitrogens is 1. The maximum atomic E-state index is 12.6. The van der Waals surface area contributed by atoms with Crippen molar-refractivity contribution in [3.8, 4) is 0 Å². The summed E-state index contributed by atoms with van der Waals surface area (Å²) in [5.74, 6) is 0. The maximum Gasteiger partial charge on any atom is 0.416 e. The zero-order valence-corrected chi connectivity index (χ0v) is 13.4. The van der Waals surface area contributed by atoms with Crippen LogP contribution in [0.3, 0.4) is 0 Å². The summed E-state index contributed by atoms with van der Waals surface area (Å²) in [7, 11) is 0. The predicted molar refractivity (Wildman–Crippen MR) is 78.8 cm³/mol. The molecule has 2 rings (SSSR count). The zero-order valence-electron chi connectivity index (χ0n) is 10.1. The van der Waals surface area contributed by atoms with Gasteiger partial charge in [-0.1, -0.05) is 29.3 Å². The van der Waals surface area contributed by atoms with E-state index >= 15 is 0 Å². The van der Waals surface area contributed by atoms with Crippen molar-refractivity contribution in [2.45, 2.75) is 25.9 Å². The lowest BCUT2D eigenvalue weighted by Gasteiger charge is -2.09. The first kappa shape index (κ1) is 16.4. The zero-order chi connectivity index (χ0) is 13.3. The second kappa shape index (κ2) is 6.22. The predicted octanol–water partition coefficient (Wildman–Crippen LogP) is 5.55. The molecule has 19 heavy (non-hydrogen) atoms. The molecule has 1 heterocycles. The summed E-state index contributed by atoms with van der Waals surface area (Å²) < 4.78 is 38.5. The smallest absolute Gasteiger partial charge is 0.253 e. The highest BCUT2D eigenvalue weighted by Crippen LogP contribution is 2.33. The molecule has 1 nitrogen and oxygen atoms in total. The molecule has 0 saturated heterocycles. The van der Waals surface area contributed by atoms with Crippen LogP contribution in [-0.4, -0.2) is 4.98 Å². The van der Waals surface area contributed by atoms with Crippen molar-refractivity contribution in [1.82, 2.24) is 4.98 Å². The Morgan fingerprint density at radius 2 is 1.89 bits per heavy atom. The number of alkyl halides is 3. The van der Waals surface area contributed by atoms with Crippen molar-refractivity contribution in [2.24, 2.45) is 0 Å². The van der Waals surface area contributed by atoms with Crippen LogP contribution in [0.4, 0.5) is 13.2 Å². The largest absolute Gasteiger partial charge is 0.416 e. The normalized spacial score (nSPS) is 11.4. The molecular weight excluding hydrogens is 387 g/mol. The monoisotopic (exact) mass is 397 g/mol. The van der Waals surface area contributed by atoms with Crippen LogP contribution >= 0.6 is 32.9 Å². The first-order valence-corrected chi connectivity index (χ1v) is 6.37. The Morgan fingerprint density at radius 3 is 2.47 bits per heavy atom.